The summed E-state index contributed by atoms with van der Waals surface area (Å²) < 4.78 is 33.6. The third kappa shape index (κ3) is 4.94. The van der Waals surface area contributed by atoms with E-state index >= 15 is 0 Å². The van der Waals surface area contributed by atoms with E-state index in [-0.39, 0.29) is 17.6 Å². The first-order valence-corrected chi connectivity index (χ1v) is 7.25. The highest BCUT2D eigenvalue weighted by Gasteiger charge is 2.37. The predicted molar refractivity (Wildman–Crippen MR) is 79.8 cm³/mol. The van der Waals surface area contributed by atoms with Gasteiger partial charge in [0.05, 0.1) is 6.61 Å². The van der Waals surface area contributed by atoms with E-state index in [9.17, 15) is 13.6 Å². The van der Waals surface area contributed by atoms with Gasteiger partial charge in [0.25, 0.3) is 0 Å². The van der Waals surface area contributed by atoms with Gasteiger partial charge in [-0.25, -0.2) is 0 Å². The molecule has 1 aromatic rings. The third-order valence-corrected chi connectivity index (χ3v) is 3.66. The molecule has 0 amide bonds. The van der Waals surface area contributed by atoms with Gasteiger partial charge in [-0.05, 0) is 37.5 Å². The number of carbonyl (C=O) groups excluding carboxylic acids is 1. The maximum atomic E-state index is 12.1. The molecule has 1 aromatic carbocycles. The molecule has 0 bridgehead atoms. The van der Waals surface area contributed by atoms with Gasteiger partial charge in [-0.3, -0.25) is 10.1 Å². The number of hydrogen-bond acceptors (Lipinski definition) is 4. The van der Waals surface area contributed by atoms with Crippen LogP contribution >= 0.6 is 0 Å². The highest BCUT2D eigenvalue weighted by molar-refractivity contribution is 5.80. The van der Waals surface area contributed by atoms with Crippen molar-refractivity contribution < 1.29 is 23.0 Å². The average molecular weight is 315 g/mol. The van der Waals surface area contributed by atoms with E-state index < -0.39 is 12.2 Å². The van der Waals surface area contributed by atoms with Crippen molar-refractivity contribution in [2.45, 2.75) is 46.4 Å². The van der Waals surface area contributed by atoms with Crippen LogP contribution in [0.4, 0.5) is 8.78 Å². The van der Waals surface area contributed by atoms with Crippen LogP contribution in [-0.4, -0.2) is 24.7 Å². The SMILES string of the molecule is CCOC(=O)[C@](C)(NCc1ccc(OC(F)F)cc1)C(C)C. The van der Waals surface area contributed by atoms with Crippen molar-refractivity contribution in [2.75, 3.05) is 6.61 Å². The lowest BCUT2D eigenvalue weighted by atomic mass is 9.88. The average Bonchev–Trinajstić information content (AvgIpc) is 2.45. The van der Waals surface area contributed by atoms with Crippen LogP contribution in [0.3, 0.4) is 0 Å². The first-order chi connectivity index (χ1) is 10.3. The molecule has 0 aliphatic heterocycles. The number of alkyl halides is 2. The van der Waals surface area contributed by atoms with Crippen molar-refractivity contribution in [1.29, 1.82) is 0 Å². The summed E-state index contributed by atoms with van der Waals surface area (Å²) in [5, 5.41) is 3.19. The topological polar surface area (TPSA) is 47.6 Å². The summed E-state index contributed by atoms with van der Waals surface area (Å²) in [7, 11) is 0. The molecule has 0 saturated heterocycles. The summed E-state index contributed by atoms with van der Waals surface area (Å²) in [5.74, 6) is -0.161. The third-order valence-electron chi connectivity index (χ3n) is 3.66. The molecule has 0 fully saturated rings. The van der Waals surface area contributed by atoms with E-state index in [1.54, 1.807) is 26.0 Å². The number of halogens is 2. The van der Waals surface area contributed by atoms with Gasteiger partial charge in [0.2, 0.25) is 0 Å². The summed E-state index contributed by atoms with van der Waals surface area (Å²) in [6.45, 7) is 5.33. The van der Waals surface area contributed by atoms with Crippen LogP contribution < -0.4 is 10.1 Å². The zero-order valence-electron chi connectivity index (χ0n) is 13.4. The zero-order chi connectivity index (χ0) is 16.8. The molecule has 1 N–H and O–H groups in total. The van der Waals surface area contributed by atoms with Crippen LogP contribution in [0.5, 0.6) is 5.75 Å². The smallest absolute Gasteiger partial charge is 0.387 e. The lowest BCUT2D eigenvalue weighted by Crippen LogP contribution is -2.54. The van der Waals surface area contributed by atoms with E-state index in [0.29, 0.717) is 13.2 Å². The number of nitrogens with one attached hydrogen (secondary N) is 1. The Morgan fingerprint density at radius 2 is 1.86 bits per heavy atom. The molecule has 0 aliphatic rings. The van der Waals surface area contributed by atoms with Gasteiger partial charge in [-0.1, -0.05) is 26.0 Å². The Balaban J connectivity index is 2.71. The first-order valence-electron chi connectivity index (χ1n) is 7.25. The summed E-state index contributed by atoms with van der Waals surface area (Å²) in [6.07, 6.45) is 0. The predicted octanol–water partition coefficient (Wildman–Crippen LogP) is 3.36. The van der Waals surface area contributed by atoms with E-state index in [2.05, 4.69) is 10.1 Å². The molecule has 0 saturated carbocycles. The Morgan fingerprint density at radius 3 is 2.32 bits per heavy atom. The molecule has 22 heavy (non-hydrogen) atoms. The Bertz CT molecular complexity index is 477. The van der Waals surface area contributed by atoms with Gasteiger partial charge in [0.15, 0.2) is 0 Å². The maximum Gasteiger partial charge on any atom is 0.387 e. The molecule has 1 atom stereocenters. The molecule has 0 spiro atoms. The fourth-order valence-electron chi connectivity index (χ4n) is 1.87. The second kappa shape index (κ2) is 8.08. The van der Waals surface area contributed by atoms with Gasteiger partial charge >= 0.3 is 12.6 Å². The Kier molecular flexibility index (Phi) is 6.74. The van der Waals surface area contributed by atoms with Crippen LogP contribution in [0.1, 0.15) is 33.3 Å². The fraction of sp³-hybridized carbons (Fsp3) is 0.562. The quantitative estimate of drug-likeness (QED) is 0.747. The molecule has 0 aromatic heterocycles. The number of hydrogen-bond donors (Lipinski definition) is 1. The summed E-state index contributed by atoms with van der Waals surface area (Å²) in [5.41, 5.74) is 0.0477. The number of rotatable bonds is 8. The van der Waals surface area contributed by atoms with Crippen molar-refractivity contribution in [3.63, 3.8) is 0 Å². The van der Waals surface area contributed by atoms with Crippen LogP contribution in [0.25, 0.3) is 0 Å². The largest absolute Gasteiger partial charge is 0.465 e. The van der Waals surface area contributed by atoms with Crippen molar-refractivity contribution in [2.24, 2.45) is 5.92 Å². The molecule has 0 heterocycles. The summed E-state index contributed by atoms with van der Waals surface area (Å²) in [6, 6.07) is 6.30. The van der Waals surface area contributed by atoms with E-state index in [1.807, 2.05) is 13.8 Å². The number of esters is 1. The minimum absolute atomic E-state index is 0.0352. The summed E-state index contributed by atoms with van der Waals surface area (Å²) >= 11 is 0. The molecule has 4 nitrogen and oxygen atoms in total. The van der Waals surface area contributed by atoms with Crippen molar-refractivity contribution in [3.8, 4) is 5.75 Å². The Labute approximate surface area is 129 Å². The standard InChI is InChI=1S/C16H23F2NO3/c1-5-21-14(20)16(4,11(2)3)19-10-12-6-8-13(9-7-12)22-15(17)18/h6-9,11,15,19H,5,10H2,1-4H3/t16-/m1/s1. The lowest BCUT2D eigenvalue weighted by molar-refractivity contribution is -0.152. The fourth-order valence-corrected chi connectivity index (χ4v) is 1.87. The molecule has 0 unspecified atom stereocenters. The van der Waals surface area contributed by atoms with Gasteiger partial charge in [0.1, 0.15) is 11.3 Å². The van der Waals surface area contributed by atoms with E-state index in [1.165, 1.54) is 12.1 Å². The minimum atomic E-state index is -2.84. The van der Waals surface area contributed by atoms with E-state index in [0.717, 1.165) is 5.56 Å². The van der Waals surface area contributed by atoms with Crippen molar-refractivity contribution in [3.05, 3.63) is 29.8 Å². The molecular weight excluding hydrogens is 292 g/mol. The second-order valence-electron chi connectivity index (χ2n) is 5.45. The minimum Gasteiger partial charge on any atom is -0.465 e. The first kappa shape index (κ1) is 18.4. The van der Waals surface area contributed by atoms with Crippen molar-refractivity contribution in [1.82, 2.24) is 5.32 Å². The van der Waals surface area contributed by atoms with Crippen LogP contribution in [0, 0.1) is 5.92 Å². The van der Waals surface area contributed by atoms with Crippen LogP contribution in [-0.2, 0) is 16.1 Å². The molecule has 6 heteroatoms. The maximum absolute atomic E-state index is 12.1. The zero-order valence-corrected chi connectivity index (χ0v) is 13.4. The van der Waals surface area contributed by atoms with Crippen LogP contribution in [0.2, 0.25) is 0 Å². The number of benzene rings is 1. The van der Waals surface area contributed by atoms with Crippen LogP contribution in [0.15, 0.2) is 24.3 Å². The Morgan fingerprint density at radius 1 is 1.27 bits per heavy atom. The molecular formula is C16H23F2NO3. The van der Waals surface area contributed by atoms with Gasteiger partial charge in [0, 0.05) is 6.54 Å². The Hall–Kier alpha value is -1.69. The van der Waals surface area contributed by atoms with Gasteiger partial charge < -0.3 is 9.47 Å². The molecule has 124 valence electrons. The number of ether oxygens (including phenoxy) is 2. The highest BCUT2D eigenvalue weighted by atomic mass is 19.3. The number of carbonyl (C=O) groups is 1. The molecule has 0 radical (unpaired) electrons. The monoisotopic (exact) mass is 315 g/mol. The normalized spacial score (nSPS) is 14.0. The second-order valence-corrected chi connectivity index (χ2v) is 5.45. The van der Waals surface area contributed by atoms with Gasteiger partial charge in [-0.2, -0.15) is 8.78 Å². The lowest BCUT2D eigenvalue weighted by Gasteiger charge is -2.32. The molecule has 0 aliphatic carbocycles. The van der Waals surface area contributed by atoms with Gasteiger partial charge in [-0.15, -0.1) is 0 Å². The highest BCUT2D eigenvalue weighted by Crippen LogP contribution is 2.20. The molecule has 1 rings (SSSR count). The van der Waals surface area contributed by atoms with Crippen molar-refractivity contribution >= 4 is 5.97 Å². The summed E-state index contributed by atoms with van der Waals surface area (Å²) in [4.78, 5) is 12.1. The van der Waals surface area contributed by atoms with E-state index in [4.69, 9.17) is 4.74 Å².